The number of nitrogens with zero attached hydrogens (tertiary/aromatic N) is 2. The van der Waals surface area contributed by atoms with Crippen LogP contribution in [0.25, 0.3) is 0 Å². The van der Waals surface area contributed by atoms with Gasteiger partial charge in [-0.1, -0.05) is 75.9 Å². The zero-order chi connectivity index (χ0) is 59.6. The molecule has 8 N–H and O–H groups in total. The van der Waals surface area contributed by atoms with Crippen molar-refractivity contribution in [3.8, 4) is 0 Å². The highest BCUT2D eigenvalue weighted by Gasteiger charge is 2.48. The lowest BCUT2D eigenvalue weighted by Gasteiger charge is -2.36. The Labute approximate surface area is 475 Å². The SMILES string of the molecule is C=C(C)[C@H](NC(=O)[C@H](CO)NC(=O)OC(C)(C)C)C(=O)N1C[C@@H](OCCO[C@H]2C[C@@H](C(=O)N[C@@H]3CCCc4ccccc43)N(C(=O)[C@@H](NC(=O)[C@H](CO)NC(=O)OC(C)(C)C)C(C)(C)C)C2)C[C@H]1C(=O)NC1CCCc2ccccc21. The maximum atomic E-state index is 14.9. The highest BCUT2D eigenvalue weighted by atomic mass is 16.6. The van der Waals surface area contributed by atoms with Crippen LogP contribution in [0.4, 0.5) is 9.59 Å². The molecule has 0 saturated carbocycles. The molecule has 22 nitrogen and oxygen atoms in total. The van der Waals surface area contributed by atoms with Crippen molar-refractivity contribution in [3.05, 3.63) is 82.9 Å². The number of ether oxygens (including phenoxy) is 4. The lowest BCUT2D eigenvalue weighted by Crippen LogP contribution is -2.61. The molecule has 6 rings (SSSR count). The first-order valence-corrected chi connectivity index (χ1v) is 28.1. The van der Waals surface area contributed by atoms with Gasteiger partial charge in [0.25, 0.3) is 0 Å². The van der Waals surface area contributed by atoms with Gasteiger partial charge in [0.15, 0.2) is 0 Å². The van der Waals surface area contributed by atoms with E-state index in [9.17, 15) is 48.6 Å². The van der Waals surface area contributed by atoms with Crippen LogP contribution in [0.3, 0.4) is 0 Å². The van der Waals surface area contributed by atoms with Crippen molar-refractivity contribution in [3.63, 3.8) is 0 Å². The molecular weight excluding hydrogens is 1040 g/mol. The Kier molecular flexibility index (Phi) is 21.5. The van der Waals surface area contributed by atoms with Crippen LogP contribution in [-0.2, 0) is 60.6 Å². The third-order valence-electron chi connectivity index (χ3n) is 14.7. The second-order valence-corrected chi connectivity index (χ2v) is 24.6. The quantitative estimate of drug-likeness (QED) is 0.0693. The minimum Gasteiger partial charge on any atom is -0.444 e. The number of aryl methyl sites for hydroxylation is 2. The summed E-state index contributed by atoms with van der Waals surface area (Å²) in [6, 6.07) is 7.52. The van der Waals surface area contributed by atoms with Gasteiger partial charge in [-0.15, -0.1) is 0 Å². The number of carbonyl (C=O) groups is 8. The molecule has 2 heterocycles. The highest BCUT2D eigenvalue weighted by Crippen LogP contribution is 2.34. The van der Waals surface area contributed by atoms with Gasteiger partial charge in [0.05, 0.1) is 50.7 Å². The fraction of sp³-hybridized carbons (Fsp3) is 0.627. The number of aliphatic hydroxyl groups excluding tert-OH is 2. The summed E-state index contributed by atoms with van der Waals surface area (Å²) in [5.41, 5.74) is 1.74. The number of hydrogen-bond acceptors (Lipinski definition) is 14. The fourth-order valence-electron chi connectivity index (χ4n) is 10.7. The van der Waals surface area contributed by atoms with Crippen molar-refractivity contribution in [1.29, 1.82) is 0 Å². The number of carbonyl (C=O) groups excluding carboxylic acids is 8. The predicted molar refractivity (Wildman–Crippen MR) is 299 cm³/mol. The highest BCUT2D eigenvalue weighted by molar-refractivity contribution is 5.97. The van der Waals surface area contributed by atoms with Gasteiger partial charge in [0.2, 0.25) is 35.4 Å². The molecule has 4 aliphatic rings. The Morgan fingerprint density at radius 2 is 1.01 bits per heavy atom. The molecule has 8 amide bonds. The van der Waals surface area contributed by atoms with Crippen molar-refractivity contribution in [2.24, 2.45) is 5.41 Å². The third-order valence-corrected chi connectivity index (χ3v) is 14.7. The van der Waals surface area contributed by atoms with Crippen molar-refractivity contribution < 1.29 is 67.5 Å². The number of rotatable bonds is 20. The van der Waals surface area contributed by atoms with Crippen molar-refractivity contribution in [2.45, 2.75) is 192 Å². The van der Waals surface area contributed by atoms with Crippen LogP contribution in [0.2, 0.25) is 0 Å². The smallest absolute Gasteiger partial charge is 0.408 e. The van der Waals surface area contributed by atoms with E-state index in [2.05, 4.69) is 38.5 Å². The lowest BCUT2D eigenvalue weighted by molar-refractivity contribution is -0.144. The monoisotopic (exact) mass is 1130 g/mol. The Hall–Kier alpha value is -6.62. The van der Waals surface area contributed by atoms with Gasteiger partial charge in [-0.05, 0) is 120 Å². The average Bonchev–Trinajstić information content (AvgIpc) is 4.28. The van der Waals surface area contributed by atoms with Gasteiger partial charge < -0.3 is 70.9 Å². The number of amides is 8. The van der Waals surface area contributed by atoms with E-state index in [1.807, 2.05) is 48.5 Å². The maximum Gasteiger partial charge on any atom is 0.408 e. The second kappa shape index (κ2) is 27.4. The number of hydrogen-bond donors (Lipinski definition) is 8. The lowest BCUT2D eigenvalue weighted by atomic mass is 9.85. The third kappa shape index (κ3) is 17.4. The zero-order valence-electron chi connectivity index (χ0n) is 48.7. The summed E-state index contributed by atoms with van der Waals surface area (Å²) >= 11 is 0. The summed E-state index contributed by atoms with van der Waals surface area (Å²) in [6.45, 7) is 18.8. The van der Waals surface area contributed by atoms with E-state index in [4.69, 9.17) is 18.9 Å². The molecule has 446 valence electrons. The van der Waals surface area contributed by atoms with Gasteiger partial charge in [0.1, 0.15) is 47.5 Å². The molecule has 2 aliphatic carbocycles. The summed E-state index contributed by atoms with van der Waals surface area (Å²) in [7, 11) is 0. The van der Waals surface area contributed by atoms with E-state index >= 15 is 0 Å². The Balaban J connectivity index is 1.18. The molecule has 2 saturated heterocycles. The molecule has 0 spiro atoms. The van der Waals surface area contributed by atoms with Gasteiger partial charge >= 0.3 is 12.2 Å². The van der Waals surface area contributed by atoms with Crippen LogP contribution in [0.5, 0.6) is 0 Å². The topological polar surface area (TPSA) is 293 Å². The Morgan fingerprint density at radius 3 is 1.41 bits per heavy atom. The number of alkyl carbamates (subject to hydrolysis) is 2. The maximum absolute atomic E-state index is 14.9. The van der Waals surface area contributed by atoms with E-state index in [0.29, 0.717) is 12.8 Å². The van der Waals surface area contributed by atoms with E-state index in [-0.39, 0.29) is 56.8 Å². The summed E-state index contributed by atoms with van der Waals surface area (Å²) < 4.78 is 23.3. The second-order valence-electron chi connectivity index (χ2n) is 24.6. The minimum atomic E-state index is -1.49. The molecule has 0 aromatic heterocycles. The Morgan fingerprint density at radius 1 is 0.605 bits per heavy atom. The van der Waals surface area contributed by atoms with Crippen LogP contribution in [0.15, 0.2) is 60.7 Å². The van der Waals surface area contributed by atoms with E-state index in [0.717, 1.165) is 47.9 Å². The molecule has 2 aliphatic heterocycles. The molecule has 0 radical (unpaired) electrons. The molecule has 0 bridgehead atoms. The summed E-state index contributed by atoms with van der Waals surface area (Å²) in [5, 5.41) is 36.7. The first-order valence-electron chi connectivity index (χ1n) is 28.1. The van der Waals surface area contributed by atoms with E-state index in [1.165, 1.54) is 16.7 Å². The van der Waals surface area contributed by atoms with Crippen molar-refractivity contribution in [1.82, 2.24) is 41.7 Å². The van der Waals surface area contributed by atoms with Crippen molar-refractivity contribution >= 4 is 47.6 Å². The largest absolute Gasteiger partial charge is 0.444 e. The number of benzene rings is 2. The average molecular weight is 1130 g/mol. The minimum absolute atomic E-state index is 0.0250. The molecule has 2 aromatic rings. The normalized spacial score (nSPS) is 22.3. The molecular formula is C59H86N8O14. The predicted octanol–water partition coefficient (Wildman–Crippen LogP) is 3.71. The summed E-state index contributed by atoms with van der Waals surface area (Å²) in [5.74, 6) is -3.80. The number of nitrogens with one attached hydrogen (secondary N) is 6. The van der Waals surface area contributed by atoms with E-state index in [1.54, 1.807) is 62.3 Å². The van der Waals surface area contributed by atoms with Crippen LogP contribution in [0, 0.1) is 5.41 Å². The van der Waals surface area contributed by atoms with Gasteiger partial charge in [-0.2, -0.15) is 0 Å². The van der Waals surface area contributed by atoms with Gasteiger partial charge in [0, 0.05) is 25.9 Å². The van der Waals surface area contributed by atoms with Crippen LogP contribution < -0.4 is 31.9 Å². The first-order chi connectivity index (χ1) is 38.1. The first kappa shape index (κ1) is 63.6. The number of fused-ring (bicyclic) bond motifs is 2. The molecule has 1 unspecified atom stereocenters. The standard InChI is InChI=1S/C59H86N8O14/c1-34(2)47(64-49(70)43(32-68)62-55(76)80-58(6,7)8)53(74)66-30-37(28-45(66)51(72)60-41-24-16-20-35-18-12-14-22-39(35)41)78-26-27-79-38-29-46(52(73)61-42-25-17-21-36-19-13-15-23-40(36)42)67(31-38)54(75)48(57(3,4)5)65-50(71)44(33-69)63-56(77)81-59(9,10)11/h12-15,18-19,22-23,37-38,41-48,68-69H,1,16-17,20-21,24-33H2,2-11H3,(H,60,72)(H,61,73)(H,62,76)(H,63,77)(H,64,70)(H,65,71)/t37-,38-,41?,42+,43-,44-,45-,46-,47-,48+/m0/s1. The van der Waals surface area contributed by atoms with E-state index < -0.39 is 126 Å². The van der Waals surface area contributed by atoms with Crippen LogP contribution in [0.1, 0.15) is 142 Å². The van der Waals surface area contributed by atoms with Gasteiger partial charge in [-0.3, -0.25) is 28.8 Å². The van der Waals surface area contributed by atoms with Gasteiger partial charge in [-0.25, -0.2) is 9.59 Å². The fourth-order valence-corrected chi connectivity index (χ4v) is 10.7. The summed E-state index contributed by atoms with van der Waals surface area (Å²) in [4.78, 5) is 114. The summed E-state index contributed by atoms with van der Waals surface area (Å²) in [6.07, 6.45) is 1.68. The Bertz CT molecular complexity index is 2610. The van der Waals surface area contributed by atoms with Crippen molar-refractivity contribution in [2.75, 3.05) is 39.5 Å². The molecule has 10 atom stereocenters. The molecule has 81 heavy (non-hydrogen) atoms. The van der Waals surface area contributed by atoms with Crippen LogP contribution in [-0.4, -0.2) is 167 Å². The molecule has 2 aromatic carbocycles. The zero-order valence-corrected chi connectivity index (χ0v) is 48.7. The number of aliphatic hydroxyl groups is 2. The van der Waals surface area contributed by atoms with Crippen LogP contribution >= 0.6 is 0 Å². The number of likely N-dealkylation sites (tertiary alicyclic amines) is 2. The molecule has 2 fully saturated rings. The molecule has 22 heteroatoms.